The van der Waals surface area contributed by atoms with Crippen molar-refractivity contribution in [1.29, 1.82) is 0 Å². The molecule has 5 nitrogen and oxygen atoms in total. The molecule has 0 atom stereocenters. The maximum absolute atomic E-state index is 10.8. The summed E-state index contributed by atoms with van der Waals surface area (Å²) in [6, 6.07) is 8.74. The molecule has 0 saturated carbocycles. The van der Waals surface area contributed by atoms with Gasteiger partial charge in [0.05, 0.1) is 27.7 Å². The molecule has 3 N–H and O–H groups in total. The number of aliphatic carboxylic acids is 1. The fourth-order valence-electron chi connectivity index (χ4n) is 1.76. The van der Waals surface area contributed by atoms with Crippen LogP contribution in [0.1, 0.15) is 17.7 Å². The second-order valence-corrected chi connectivity index (χ2v) is 6.82. The van der Waals surface area contributed by atoms with Crippen LogP contribution in [0.15, 0.2) is 40.8 Å². The van der Waals surface area contributed by atoms with Crippen LogP contribution < -0.4 is 10.7 Å². The number of thiocarbonyl (C=S) groups is 1. The zero-order chi connectivity index (χ0) is 17.5. The summed E-state index contributed by atoms with van der Waals surface area (Å²) in [4.78, 5) is 11.7. The number of carbonyl (C=O) groups is 1. The van der Waals surface area contributed by atoms with Crippen molar-refractivity contribution >= 4 is 69.2 Å². The molecule has 126 valence electrons. The number of hydrogen-bond acceptors (Lipinski definition) is 4. The quantitative estimate of drug-likeness (QED) is 0.374. The molecule has 0 spiro atoms. The normalized spacial score (nSPS) is 11.2. The van der Waals surface area contributed by atoms with Crippen LogP contribution in [0.3, 0.4) is 0 Å². The zero-order valence-electron chi connectivity index (χ0n) is 12.3. The average Bonchev–Trinajstić information content (AvgIpc) is 3.04. The maximum atomic E-state index is 10.8. The molecule has 24 heavy (non-hydrogen) atoms. The summed E-state index contributed by atoms with van der Waals surface area (Å²) >= 11 is 18.6. The number of anilines is 1. The molecule has 0 aliphatic carbocycles. The largest absolute Gasteiger partial charge is 0.481 e. The van der Waals surface area contributed by atoms with Crippen molar-refractivity contribution in [3.05, 3.63) is 50.6 Å². The number of nitrogens with zero attached hydrogens (tertiary/aromatic N) is 1. The lowest BCUT2D eigenvalue weighted by Gasteiger charge is -2.10. The summed E-state index contributed by atoms with van der Waals surface area (Å²) in [5, 5.41) is 19.1. The van der Waals surface area contributed by atoms with Crippen LogP contribution in [-0.2, 0) is 4.79 Å². The van der Waals surface area contributed by atoms with Crippen molar-refractivity contribution < 1.29 is 9.90 Å². The van der Waals surface area contributed by atoms with Gasteiger partial charge in [0.25, 0.3) is 0 Å². The second kappa shape index (κ2) is 8.98. The van der Waals surface area contributed by atoms with Crippen molar-refractivity contribution in [2.45, 2.75) is 12.8 Å². The summed E-state index contributed by atoms with van der Waals surface area (Å²) in [6.07, 6.45) is 0.286. The van der Waals surface area contributed by atoms with Gasteiger partial charge in [-0.1, -0.05) is 29.3 Å². The number of carboxylic acids is 1. The van der Waals surface area contributed by atoms with Crippen LogP contribution in [-0.4, -0.2) is 21.9 Å². The second-order valence-electron chi connectivity index (χ2n) is 4.62. The Balaban J connectivity index is 2.04. The van der Waals surface area contributed by atoms with Crippen molar-refractivity contribution in [1.82, 2.24) is 5.43 Å². The van der Waals surface area contributed by atoms with Gasteiger partial charge < -0.3 is 10.4 Å². The first-order valence-corrected chi connectivity index (χ1v) is 8.84. The van der Waals surface area contributed by atoms with Gasteiger partial charge in [-0.05, 0) is 41.9 Å². The first-order valence-electron chi connectivity index (χ1n) is 6.80. The van der Waals surface area contributed by atoms with Gasteiger partial charge in [-0.15, -0.1) is 11.3 Å². The summed E-state index contributed by atoms with van der Waals surface area (Å²) in [6.45, 7) is 0. The molecule has 1 heterocycles. The zero-order valence-corrected chi connectivity index (χ0v) is 15.4. The number of hydrazone groups is 1. The Morgan fingerprint density at radius 3 is 2.71 bits per heavy atom. The van der Waals surface area contributed by atoms with E-state index in [4.69, 9.17) is 40.5 Å². The summed E-state index contributed by atoms with van der Waals surface area (Å²) in [5.74, 6) is -0.882. The topological polar surface area (TPSA) is 73.7 Å². The molecular formula is C15H13Cl2N3O2S2. The van der Waals surface area contributed by atoms with E-state index < -0.39 is 5.97 Å². The number of carboxylic acid groups (broad SMARTS) is 1. The Kier molecular flexibility index (Phi) is 6.99. The minimum atomic E-state index is -0.882. The summed E-state index contributed by atoms with van der Waals surface area (Å²) < 4.78 is 0. The average molecular weight is 402 g/mol. The monoisotopic (exact) mass is 401 g/mol. The first kappa shape index (κ1) is 18.7. The predicted molar refractivity (Wildman–Crippen MR) is 104 cm³/mol. The lowest BCUT2D eigenvalue weighted by Crippen LogP contribution is -2.25. The van der Waals surface area contributed by atoms with Gasteiger partial charge in [0.2, 0.25) is 0 Å². The van der Waals surface area contributed by atoms with Crippen molar-refractivity contribution in [3.8, 4) is 0 Å². The molecule has 0 aliphatic heterocycles. The number of nitrogens with one attached hydrogen (secondary N) is 2. The van der Waals surface area contributed by atoms with Crippen LogP contribution in [0, 0.1) is 0 Å². The van der Waals surface area contributed by atoms with Crippen LogP contribution >= 0.6 is 46.8 Å². The Labute approximate surface area is 158 Å². The molecule has 0 aliphatic rings. The molecule has 0 bridgehead atoms. The van der Waals surface area contributed by atoms with Gasteiger partial charge >= 0.3 is 5.97 Å². The molecule has 0 radical (unpaired) electrons. The van der Waals surface area contributed by atoms with E-state index in [-0.39, 0.29) is 11.5 Å². The van der Waals surface area contributed by atoms with Crippen molar-refractivity contribution in [2.75, 3.05) is 5.32 Å². The lowest BCUT2D eigenvalue weighted by atomic mass is 10.2. The van der Waals surface area contributed by atoms with E-state index in [0.717, 1.165) is 4.88 Å². The smallest absolute Gasteiger partial charge is 0.303 e. The SMILES string of the molecule is O=C(O)CCC(=NNC(=S)Nc1ccc(Cl)cc1Cl)c1cccs1. The molecule has 9 heteroatoms. The third-order valence-electron chi connectivity index (χ3n) is 2.85. The third-order valence-corrected chi connectivity index (χ3v) is 4.51. The molecule has 0 unspecified atom stereocenters. The molecule has 1 aromatic heterocycles. The van der Waals surface area contributed by atoms with Gasteiger partial charge in [0, 0.05) is 11.4 Å². The highest BCUT2D eigenvalue weighted by atomic mass is 35.5. The molecule has 0 fully saturated rings. The molecule has 0 amide bonds. The van der Waals surface area contributed by atoms with E-state index in [0.29, 0.717) is 27.9 Å². The first-order chi connectivity index (χ1) is 11.5. The highest BCUT2D eigenvalue weighted by Crippen LogP contribution is 2.25. The lowest BCUT2D eigenvalue weighted by molar-refractivity contribution is -0.136. The minimum absolute atomic E-state index is 0.0123. The summed E-state index contributed by atoms with van der Waals surface area (Å²) in [5.41, 5.74) is 3.93. The van der Waals surface area contributed by atoms with E-state index in [1.54, 1.807) is 18.2 Å². The van der Waals surface area contributed by atoms with Crippen LogP contribution in [0.4, 0.5) is 5.69 Å². The standard InChI is InChI=1S/C15H13Cl2N3O2S2/c16-9-3-4-11(10(17)8-9)18-15(23)20-19-12(5-6-14(21)22)13-2-1-7-24-13/h1-4,7-8H,5-6H2,(H,21,22)(H2,18,20,23). The van der Waals surface area contributed by atoms with Gasteiger partial charge in [0.15, 0.2) is 5.11 Å². The minimum Gasteiger partial charge on any atom is -0.481 e. The fourth-order valence-corrected chi connectivity index (χ4v) is 3.12. The van der Waals surface area contributed by atoms with Crippen LogP contribution in [0.2, 0.25) is 10.0 Å². The van der Waals surface area contributed by atoms with E-state index >= 15 is 0 Å². The van der Waals surface area contributed by atoms with Gasteiger partial charge in [0.1, 0.15) is 0 Å². The summed E-state index contributed by atoms with van der Waals surface area (Å²) in [7, 11) is 0. The Hall–Kier alpha value is -1.67. The van der Waals surface area contributed by atoms with E-state index in [9.17, 15) is 4.79 Å². The number of rotatable bonds is 6. The molecular weight excluding hydrogens is 389 g/mol. The number of benzene rings is 1. The Morgan fingerprint density at radius 2 is 2.08 bits per heavy atom. The highest BCUT2D eigenvalue weighted by molar-refractivity contribution is 7.80. The molecule has 1 aromatic carbocycles. The van der Waals surface area contributed by atoms with E-state index in [1.165, 1.54) is 11.3 Å². The molecule has 2 rings (SSSR count). The van der Waals surface area contributed by atoms with E-state index in [2.05, 4.69) is 15.8 Å². The maximum Gasteiger partial charge on any atom is 0.303 e. The van der Waals surface area contributed by atoms with Gasteiger partial charge in [-0.25, -0.2) is 0 Å². The van der Waals surface area contributed by atoms with E-state index in [1.807, 2.05) is 17.5 Å². The van der Waals surface area contributed by atoms with Gasteiger partial charge in [-0.3, -0.25) is 10.2 Å². The number of halogens is 2. The Morgan fingerprint density at radius 1 is 1.29 bits per heavy atom. The fraction of sp³-hybridized carbons (Fsp3) is 0.133. The highest BCUT2D eigenvalue weighted by Gasteiger charge is 2.09. The molecule has 2 aromatic rings. The molecule has 0 saturated heterocycles. The number of thiophene rings is 1. The van der Waals surface area contributed by atoms with Crippen molar-refractivity contribution in [2.24, 2.45) is 5.10 Å². The Bertz CT molecular complexity index is 764. The van der Waals surface area contributed by atoms with Crippen LogP contribution in [0.25, 0.3) is 0 Å². The predicted octanol–water partition coefficient (Wildman–Crippen LogP) is 4.61. The van der Waals surface area contributed by atoms with Gasteiger partial charge in [-0.2, -0.15) is 5.10 Å². The van der Waals surface area contributed by atoms with Crippen molar-refractivity contribution in [3.63, 3.8) is 0 Å². The van der Waals surface area contributed by atoms with Crippen LogP contribution in [0.5, 0.6) is 0 Å². The number of hydrogen-bond donors (Lipinski definition) is 3. The third kappa shape index (κ3) is 5.76.